The molecule has 13 heavy (non-hydrogen) atoms. The van der Waals surface area contributed by atoms with Crippen molar-refractivity contribution in [2.45, 2.75) is 19.9 Å². The normalized spacial score (nSPS) is 10.2. The van der Waals surface area contributed by atoms with E-state index in [2.05, 4.69) is 5.32 Å². The SMILES string of the molecule is COc1ccc(F)c(NC(C)C)c1. The summed E-state index contributed by atoms with van der Waals surface area (Å²) >= 11 is 0. The smallest absolute Gasteiger partial charge is 0.146 e. The number of anilines is 1. The molecule has 0 radical (unpaired) electrons. The van der Waals surface area contributed by atoms with Crippen molar-refractivity contribution >= 4 is 5.69 Å². The molecule has 1 N–H and O–H groups in total. The van der Waals surface area contributed by atoms with Crippen LogP contribution in [0.25, 0.3) is 0 Å². The predicted octanol–water partition coefficient (Wildman–Crippen LogP) is 2.65. The number of benzene rings is 1. The fourth-order valence-electron chi connectivity index (χ4n) is 1.05. The third-order valence-corrected chi connectivity index (χ3v) is 1.62. The average molecular weight is 183 g/mol. The molecule has 1 aromatic carbocycles. The maximum Gasteiger partial charge on any atom is 0.146 e. The van der Waals surface area contributed by atoms with Crippen LogP contribution in [-0.2, 0) is 0 Å². The van der Waals surface area contributed by atoms with Gasteiger partial charge in [-0.1, -0.05) is 0 Å². The summed E-state index contributed by atoms with van der Waals surface area (Å²) in [6.07, 6.45) is 0. The van der Waals surface area contributed by atoms with Crippen LogP contribution in [-0.4, -0.2) is 13.2 Å². The Kier molecular flexibility index (Phi) is 3.12. The number of rotatable bonds is 3. The van der Waals surface area contributed by atoms with Crippen molar-refractivity contribution in [1.82, 2.24) is 0 Å². The topological polar surface area (TPSA) is 21.3 Å². The average Bonchev–Trinajstić information content (AvgIpc) is 2.08. The number of methoxy groups -OCH3 is 1. The van der Waals surface area contributed by atoms with Crippen LogP contribution in [0.4, 0.5) is 10.1 Å². The first-order chi connectivity index (χ1) is 6.13. The third-order valence-electron chi connectivity index (χ3n) is 1.62. The molecule has 0 aromatic heterocycles. The van der Waals surface area contributed by atoms with E-state index in [0.717, 1.165) is 0 Å². The molecule has 0 amide bonds. The molecule has 0 bridgehead atoms. The van der Waals surface area contributed by atoms with Gasteiger partial charge in [-0.05, 0) is 26.0 Å². The number of nitrogens with one attached hydrogen (secondary N) is 1. The lowest BCUT2D eigenvalue weighted by Gasteiger charge is -2.11. The zero-order valence-electron chi connectivity index (χ0n) is 8.10. The molecule has 72 valence electrons. The minimum Gasteiger partial charge on any atom is -0.497 e. The molecular formula is C10H14FNO. The van der Waals surface area contributed by atoms with Gasteiger partial charge in [-0.2, -0.15) is 0 Å². The van der Waals surface area contributed by atoms with Crippen LogP contribution in [0.2, 0.25) is 0 Å². The molecule has 0 fully saturated rings. The summed E-state index contributed by atoms with van der Waals surface area (Å²) in [6.45, 7) is 3.91. The van der Waals surface area contributed by atoms with E-state index in [0.29, 0.717) is 11.4 Å². The summed E-state index contributed by atoms with van der Waals surface area (Å²) in [5.41, 5.74) is 0.481. The lowest BCUT2D eigenvalue weighted by molar-refractivity contribution is 0.414. The number of ether oxygens (including phenoxy) is 1. The van der Waals surface area contributed by atoms with E-state index in [1.165, 1.54) is 6.07 Å². The van der Waals surface area contributed by atoms with E-state index in [1.807, 2.05) is 13.8 Å². The van der Waals surface area contributed by atoms with Gasteiger partial charge in [0.1, 0.15) is 11.6 Å². The molecule has 0 spiro atoms. The third kappa shape index (κ3) is 2.61. The van der Waals surface area contributed by atoms with Gasteiger partial charge in [-0.15, -0.1) is 0 Å². The summed E-state index contributed by atoms with van der Waals surface area (Å²) in [5.74, 6) is 0.402. The molecule has 2 nitrogen and oxygen atoms in total. The fourth-order valence-corrected chi connectivity index (χ4v) is 1.05. The Labute approximate surface area is 77.7 Å². The van der Waals surface area contributed by atoms with Crippen LogP contribution in [0.15, 0.2) is 18.2 Å². The van der Waals surface area contributed by atoms with Crippen LogP contribution in [0.5, 0.6) is 5.75 Å². The van der Waals surface area contributed by atoms with Crippen LogP contribution in [0.3, 0.4) is 0 Å². The number of hydrogen-bond donors (Lipinski definition) is 1. The van der Waals surface area contributed by atoms with E-state index in [-0.39, 0.29) is 11.9 Å². The van der Waals surface area contributed by atoms with Crippen molar-refractivity contribution in [2.24, 2.45) is 0 Å². The van der Waals surface area contributed by atoms with E-state index in [9.17, 15) is 4.39 Å². The van der Waals surface area contributed by atoms with Crippen molar-refractivity contribution in [3.63, 3.8) is 0 Å². The Morgan fingerprint density at radius 2 is 2.08 bits per heavy atom. The van der Waals surface area contributed by atoms with Crippen molar-refractivity contribution in [3.8, 4) is 5.75 Å². The molecule has 0 unspecified atom stereocenters. The molecule has 0 atom stereocenters. The number of halogens is 1. The highest BCUT2D eigenvalue weighted by atomic mass is 19.1. The maximum absolute atomic E-state index is 13.1. The highest BCUT2D eigenvalue weighted by molar-refractivity contribution is 5.50. The maximum atomic E-state index is 13.1. The van der Waals surface area contributed by atoms with Crippen molar-refractivity contribution in [3.05, 3.63) is 24.0 Å². The lowest BCUT2D eigenvalue weighted by atomic mass is 10.2. The quantitative estimate of drug-likeness (QED) is 0.777. The number of hydrogen-bond acceptors (Lipinski definition) is 2. The highest BCUT2D eigenvalue weighted by Crippen LogP contribution is 2.21. The molecule has 1 rings (SSSR count). The van der Waals surface area contributed by atoms with E-state index in [1.54, 1.807) is 19.2 Å². The molecule has 0 saturated heterocycles. The molecule has 0 aliphatic heterocycles. The van der Waals surface area contributed by atoms with Gasteiger partial charge in [0.2, 0.25) is 0 Å². The molecule has 3 heteroatoms. The molecule has 0 saturated carbocycles. The van der Waals surface area contributed by atoms with Gasteiger partial charge in [0.05, 0.1) is 12.8 Å². The first-order valence-electron chi connectivity index (χ1n) is 4.23. The first kappa shape index (κ1) is 9.84. The lowest BCUT2D eigenvalue weighted by Crippen LogP contribution is -2.10. The van der Waals surface area contributed by atoms with Crippen molar-refractivity contribution in [2.75, 3.05) is 12.4 Å². The van der Waals surface area contributed by atoms with Gasteiger partial charge in [0, 0.05) is 12.1 Å². The summed E-state index contributed by atoms with van der Waals surface area (Å²) in [6, 6.07) is 4.85. The molecule has 0 heterocycles. The Hall–Kier alpha value is -1.25. The minimum absolute atomic E-state index is 0.210. The molecule has 0 aliphatic carbocycles. The van der Waals surface area contributed by atoms with Gasteiger partial charge in [-0.25, -0.2) is 4.39 Å². The zero-order chi connectivity index (χ0) is 9.84. The molecular weight excluding hydrogens is 169 g/mol. The highest BCUT2D eigenvalue weighted by Gasteiger charge is 2.04. The van der Waals surface area contributed by atoms with E-state index < -0.39 is 0 Å². The minimum atomic E-state index is -0.255. The first-order valence-corrected chi connectivity index (χ1v) is 4.23. The summed E-state index contributed by atoms with van der Waals surface area (Å²) in [4.78, 5) is 0. The van der Waals surface area contributed by atoms with E-state index >= 15 is 0 Å². The van der Waals surface area contributed by atoms with Crippen LogP contribution >= 0.6 is 0 Å². The van der Waals surface area contributed by atoms with Crippen LogP contribution in [0.1, 0.15) is 13.8 Å². The van der Waals surface area contributed by atoms with E-state index in [4.69, 9.17) is 4.74 Å². The van der Waals surface area contributed by atoms with Crippen molar-refractivity contribution < 1.29 is 9.13 Å². The summed E-state index contributed by atoms with van der Waals surface area (Å²) in [7, 11) is 1.56. The van der Waals surface area contributed by atoms with Gasteiger partial charge < -0.3 is 10.1 Å². The van der Waals surface area contributed by atoms with Gasteiger partial charge >= 0.3 is 0 Å². The monoisotopic (exact) mass is 183 g/mol. The molecule has 1 aromatic rings. The van der Waals surface area contributed by atoms with Crippen LogP contribution < -0.4 is 10.1 Å². The summed E-state index contributed by atoms with van der Waals surface area (Å²) < 4.78 is 18.1. The Balaban J connectivity index is 2.90. The van der Waals surface area contributed by atoms with Crippen LogP contribution in [0, 0.1) is 5.82 Å². The Bertz CT molecular complexity index is 286. The zero-order valence-corrected chi connectivity index (χ0v) is 8.10. The second-order valence-corrected chi connectivity index (χ2v) is 3.14. The largest absolute Gasteiger partial charge is 0.497 e. The standard InChI is InChI=1S/C10H14FNO/c1-7(2)12-10-6-8(13-3)4-5-9(10)11/h4-7,12H,1-3H3. The van der Waals surface area contributed by atoms with Gasteiger partial charge in [0.15, 0.2) is 0 Å². The fraction of sp³-hybridized carbons (Fsp3) is 0.400. The molecule has 0 aliphatic rings. The van der Waals surface area contributed by atoms with Gasteiger partial charge in [0.25, 0.3) is 0 Å². The predicted molar refractivity (Wildman–Crippen MR) is 51.7 cm³/mol. The summed E-state index contributed by atoms with van der Waals surface area (Å²) in [5, 5.41) is 2.99. The Morgan fingerprint density at radius 1 is 1.38 bits per heavy atom. The van der Waals surface area contributed by atoms with Gasteiger partial charge in [-0.3, -0.25) is 0 Å². The second-order valence-electron chi connectivity index (χ2n) is 3.14. The second kappa shape index (κ2) is 4.12. The Morgan fingerprint density at radius 3 is 2.62 bits per heavy atom. The van der Waals surface area contributed by atoms with Crippen molar-refractivity contribution in [1.29, 1.82) is 0 Å².